The number of carbonyl (C=O) groups excluding carboxylic acids is 2. The molecule has 0 aromatic heterocycles. The number of amides is 2. The molecule has 0 aromatic rings. The van der Waals surface area contributed by atoms with E-state index in [1.807, 2.05) is 20.8 Å². The Labute approximate surface area is 105 Å². The summed E-state index contributed by atoms with van der Waals surface area (Å²) >= 11 is 1.24. The van der Waals surface area contributed by atoms with Crippen LogP contribution in [0.2, 0.25) is 0 Å². The van der Waals surface area contributed by atoms with Gasteiger partial charge in [-0.25, -0.2) is 0 Å². The Bertz CT molecular complexity index is 304. The molecule has 1 aliphatic heterocycles. The van der Waals surface area contributed by atoms with Crippen molar-refractivity contribution in [2.75, 3.05) is 5.75 Å². The van der Waals surface area contributed by atoms with Gasteiger partial charge in [0.05, 0.1) is 12.2 Å². The number of aliphatic hydroxyl groups is 1. The summed E-state index contributed by atoms with van der Waals surface area (Å²) in [6.07, 6.45) is -0.794. The van der Waals surface area contributed by atoms with Gasteiger partial charge in [0, 0.05) is 5.54 Å². The molecule has 7 heteroatoms. The lowest BCUT2D eigenvalue weighted by atomic mass is 10.1. The van der Waals surface area contributed by atoms with Crippen LogP contribution in [0.3, 0.4) is 0 Å². The molecule has 1 rings (SSSR count). The Morgan fingerprint density at radius 3 is 2.76 bits per heavy atom. The third-order valence-electron chi connectivity index (χ3n) is 1.91. The van der Waals surface area contributed by atoms with Crippen LogP contribution in [-0.4, -0.2) is 39.9 Å². The molecule has 6 nitrogen and oxygen atoms in total. The van der Waals surface area contributed by atoms with Crippen molar-refractivity contribution >= 4 is 23.6 Å². The Hall–Kier alpha value is -0.790. The predicted molar refractivity (Wildman–Crippen MR) is 66.0 cm³/mol. The van der Waals surface area contributed by atoms with E-state index in [1.54, 1.807) is 0 Å². The summed E-state index contributed by atoms with van der Waals surface area (Å²) in [5, 5.41) is 17.5. The second-order valence-corrected chi connectivity index (χ2v) is 6.04. The minimum atomic E-state index is -0.841. The molecule has 0 aromatic carbocycles. The first-order valence-corrected chi connectivity index (χ1v) is 6.47. The van der Waals surface area contributed by atoms with Gasteiger partial charge >= 0.3 is 0 Å². The van der Waals surface area contributed by atoms with Gasteiger partial charge in [-0.05, 0) is 20.8 Å². The van der Waals surface area contributed by atoms with E-state index in [0.29, 0.717) is 0 Å². The summed E-state index contributed by atoms with van der Waals surface area (Å²) in [6.45, 7) is 5.71. The molecule has 1 saturated heterocycles. The summed E-state index contributed by atoms with van der Waals surface area (Å²) in [5.74, 6) is -0.0920. The minimum absolute atomic E-state index is 0.0469. The lowest BCUT2D eigenvalue weighted by Gasteiger charge is -2.28. The zero-order valence-electron chi connectivity index (χ0n) is 10.2. The van der Waals surface area contributed by atoms with Gasteiger partial charge in [-0.15, -0.1) is 11.8 Å². The number of carbonyl (C=O) groups is 2. The van der Waals surface area contributed by atoms with Crippen molar-refractivity contribution in [3.05, 3.63) is 0 Å². The highest BCUT2D eigenvalue weighted by molar-refractivity contribution is 8.00. The normalized spacial score (nSPS) is 25.3. The fourth-order valence-electron chi connectivity index (χ4n) is 1.36. The van der Waals surface area contributed by atoms with Crippen LogP contribution in [0.1, 0.15) is 27.2 Å². The highest BCUT2D eigenvalue weighted by Crippen LogP contribution is 2.11. The Kier molecular flexibility index (Phi) is 4.79. The predicted octanol–water partition coefficient (Wildman–Crippen LogP) is -0.654. The van der Waals surface area contributed by atoms with Gasteiger partial charge < -0.3 is 15.7 Å². The molecule has 2 atom stereocenters. The lowest BCUT2D eigenvalue weighted by Crippen LogP contribution is -2.55. The quantitative estimate of drug-likeness (QED) is 0.542. The van der Waals surface area contributed by atoms with Gasteiger partial charge in [-0.1, -0.05) is 0 Å². The summed E-state index contributed by atoms with van der Waals surface area (Å²) in [4.78, 5) is 22.7. The maximum Gasteiger partial charge on any atom is 0.230 e. The summed E-state index contributed by atoms with van der Waals surface area (Å²) in [7, 11) is 0. The van der Waals surface area contributed by atoms with Gasteiger partial charge in [-0.2, -0.15) is 0 Å². The number of hydrogen-bond donors (Lipinski definition) is 4. The fraction of sp³-hybridized carbons (Fsp3) is 0.800. The number of thioether (sulfide) groups is 1. The third kappa shape index (κ3) is 5.90. The third-order valence-corrected chi connectivity index (χ3v) is 2.93. The topological polar surface area (TPSA) is 90.5 Å². The highest BCUT2D eigenvalue weighted by Gasteiger charge is 2.25. The molecule has 98 valence electrons. The molecule has 17 heavy (non-hydrogen) atoms. The molecule has 1 heterocycles. The van der Waals surface area contributed by atoms with Crippen molar-refractivity contribution in [2.24, 2.45) is 0 Å². The van der Waals surface area contributed by atoms with E-state index in [0.717, 1.165) is 0 Å². The Morgan fingerprint density at radius 2 is 2.24 bits per heavy atom. The summed E-state index contributed by atoms with van der Waals surface area (Å²) in [5.41, 5.74) is -0.683. The second-order valence-electron chi connectivity index (χ2n) is 4.94. The molecule has 0 saturated carbocycles. The van der Waals surface area contributed by atoms with Crippen molar-refractivity contribution in [3.8, 4) is 0 Å². The maximum atomic E-state index is 11.5. The average Bonchev–Trinajstić information content (AvgIpc) is 2.10. The largest absolute Gasteiger partial charge is 0.378 e. The highest BCUT2D eigenvalue weighted by atomic mass is 32.2. The van der Waals surface area contributed by atoms with Crippen LogP contribution in [-0.2, 0) is 9.59 Å². The standard InChI is InChI=1S/C10H19N3O3S/c1-10(2,3)13-8(16)5-17-9-11-6(14)4-7(15)12-9/h6,9,11,14H,4-5H2,1-3H3,(H,12,15)(H,13,16). The van der Waals surface area contributed by atoms with E-state index < -0.39 is 11.7 Å². The van der Waals surface area contributed by atoms with E-state index >= 15 is 0 Å². The van der Waals surface area contributed by atoms with Crippen LogP contribution in [0.4, 0.5) is 0 Å². The number of nitrogens with one attached hydrogen (secondary N) is 3. The monoisotopic (exact) mass is 261 g/mol. The van der Waals surface area contributed by atoms with E-state index in [4.69, 9.17) is 0 Å². The first-order valence-electron chi connectivity index (χ1n) is 5.42. The SMILES string of the molecule is CC(C)(C)NC(=O)CSC1NC(=O)CC(O)N1. The van der Waals surface area contributed by atoms with Crippen molar-refractivity contribution in [3.63, 3.8) is 0 Å². The molecule has 1 fully saturated rings. The summed E-state index contributed by atoms with van der Waals surface area (Å²) in [6, 6.07) is 0. The molecule has 0 radical (unpaired) electrons. The van der Waals surface area contributed by atoms with Crippen molar-refractivity contribution in [2.45, 2.75) is 44.5 Å². The molecular weight excluding hydrogens is 242 g/mol. The van der Waals surface area contributed by atoms with Crippen molar-refractivity contribution in [1.82, 2.24) is 16.0 Å². The number of aliphatic hydroxyl groups excluding tert-OH is 1. The molecule has 0 bridgehead atoms. The average molecular weight is 261 g/mol. The molecule has 0 spiro atoms. The molecule has 1 aliphatic rings. The maximum absolute atomic E-state index is 11.5. The molecule has 2 amide bonds. The van der Waals surface area contributed by atoms with Gasteiger partial charge in [-0.3, -0.25) is 14.9 Å². The van der Waals surface area contributed by atoms with Gasteiger partial charge in [0.25, 0.3) is 0 Å². The van der Waals surface area contributed by atoms with Crippen LogP contribution in [0.15, 0.2) is 0 Å². The van der Waals surface area contributed by atoms with E-state index in [9.17, 15) is 14.7 Å². The lowest BCUT2D eigenvalue weighted by molar-refractivity contribution is -0.126. The molecular formula is C10H19N3O3S. The van der Waals surface area contributed by atoms with E-state index in [2.05, 4.69) is 16.0 Å². The van der Waals surface area contributed by atoms with Crippen LogP contribution in [0.5, 0.6) is 0 Å². The van der Waals surface area contributed by atoms with Crippen molar-refractivity contribution < 1.29 is 14.7 Å². The molecule has 4 N–H and O–H groups in total. The van der Waals surface area contributed by atoms with Gasteiger partial charge in [0.15, 0.2) is 0 Å². The zero-order valence-corrected chi connectivity index (χ0v) is 11.1. The van der Waals surface area contributed by atoms with Gasteiger partial charge in [0.2, 0.25) is 11.8 Å². The van der Waals surface area contributed by atoms with Crippen LogP contribution >= 0.6 is 11.8 Å². The van der Waals surface area contributed by atoms with Crippen LogP contribution in [0, 0.1) is 0 Å². The first-order chi connectivity index (χ1) is 7.76. The minimum Gasteiger partial charge on any atom is -0.378 e. The van der Waals surface area contributed by atoms with E-state index in [-0.39, 0.29) is 29.5 Å². The van der Waals surface area contributed by atoms with Crippen LogP contribution < -0.4 is 16.0 Å². The Balaban J connectivity index is 2.30. The first kappa shape index (κ1) is 14.3. The summed E-state index contributed by atoms with van der Waals surface area (Å²) < 4.78 is 0. The molecule has 0 aliphatic carbocycles. The number of hydrogen-bond acceptors (Lipinski definition) is 5. The second kappa shape index (κ2) is 5.70. The van der Waals surface area contributed by atoms with Crippen molar-refractivity contribution in [1.29, 1.82) is 0 Å². The number of rotatable bonds is 3. The van der Waals surface area contributed by atoms with Gasteiger partial charge in [0.1, 0.15) is 11.7 Å². The Morgan fingerprint density at radius 1 is 1.59 bits per heavy atom. The molecule has 2 unspecified atom stereocenters. The zero-order chi connectivity index (χ0) is 13.1. The van der Waals surface area contributed by atoms with E-state index in [1.165, 1.54) is 11.8 Å². The smallest absolute Gasteiger partial charge is 0.230 e. The fourth-order valence-corrected chi connectivity index (χ4v) is 2.22. The van der Waals surface area contributed by atoms with Crippen LogP contribution in [0.25, 0.3) is 0 Å².